The third-order valence-corrected chi connectivity index (χ3v) is 3.64. The van der Waals surface area contributed by atoms with Crippen LogP contribution in [0.2, 0.25) is 0 Å². The molecule has 2 rings (SSSR count). The van der Waals surface area contributed by atoms with E-state index in [1.807, 2.05) is 14.0 Å². The van der Waals surface area contributed by atoms with Crippen molar-refractivity contribution in [1.82, 2.24) is 14.7 Å². The van der Waals surface area contributed by atoms with Crippen molar-refractivity contribution in [1.29, 1.82) is 0 Å². The van der Waals surface area contributed by atoms with Crippen LogP contribution in [0.5, 0.6) is 0 Å². The van der Waals surface area contributed by atoms with Crippen molar-refractivity contribution >= 4 is 11.6 Å². The predicted molar refractivity (Wildman–Crippen MR) is 66.7 cm³/mol. The summed E-state index contributed by atoms with van der Waals surface area (Å²) in [6, 6.07) is 0.377. The first-order valence-corrected chi connectivity index (χ1v) is 6.14. The van der Waals surface area contributed by atoms with Gasteiger partial charge in [-0.3, -0.25) is 9.48 Å². The normalized spacial score (nSPS) is 15.7. The van der Waals surface area contributed by atoms with E-state index >= 15 is 0 Å². The Bertz CT molecular complexity index is 434. The first kappa shape index (κ1) is 12.0. The molecule has 0 saturated heterocycles. The average molecular weight is 236 g/mol. The van der Waals surface area contributed by atoms with Crippen LogP contribution in [0, 0.1) is 0 Å². The molecule has 1 aromatic rings. The molecule has 17 heavy (non-hydrogen) atoms. The van der Waals surface area contributed by atoms with Crippen LogP contribution < -0.4 is 5.73 Å². The predicted octanol–water partition coefficient (Wildman–Crippen LogP) is 1.19. The molecule has 0 aliphatic heterocycles. The zero-order valence-corrected chi connectivity index (χ0v) is 10.7. The number of nitrogen functional groups attached to an aromatic ring is 1. The lowest BCUT2D eigenvalue weighted by Crippen LogP contribution is -2.42. The molecule has 1 aromatic heterocycles. The average Bonchev–Trinajstić information content (AvgIpc) is 2.50. The van der Waals surface area contributed by atoms with E-state index in [2.05, 4.69) is 5.10 Å². The Kier molecular flexibility index (Phi) is 3.09. The van der Waals surface area contributed by atoms with Crippen molar-refractivity contribution in [3.8, 4) is 0 Å². The van der Waals surface area contributed by atoms with Crippen molar-refractivity contribution in [2.45, 2.75) is 38.6 Å². The van der Waals surface area contributed by atoms with Gasteiger partial charge in [-0.15, -0.1) is 0 Å². The number of carbonyl (C=O) groups excluding carboxylic acids is 1. The van der Waals surface area contributed by atoms with E-state index in [0.29, 0.717) is 17.4 Å². The second kappa shape index (κ2) is 4.39. The van der Waals surface area contributed by atoms with Crippen molar-refractivity contribution in [2.75, 3.05) is 12.8 Å². The monoisotopic (exact) mass is 236 g/mol. The molecule has 0 spiro atoms. The number of amides is 1. The maximum absolute atomic E-state index is 12.3. The first-order valence-electron chi connectivity index (χ1n) is 6.14. The van der Waals surface area contributed by atoms with Crippen molar-refractivity contribution in [2.24, 2.45) is 7.05 Å². The van der Waals surface area contributed by atoms with Crippen molar-refractivity contribution < 1.29 is 4.79 Å². The molecule has 0 radical (unpaired) electrons. The van der Waals surface area contributed by atoms with Crippen LogP contribution in [0.1, 0.15) is 42.4 Å². The first-order chi connectivity index (χ1) is 8.06. The molecular weight excluding hydrogens is 216 g/mol. The number of nitrogens with zero attached hydrogens (tertiary/aromatic N) is 3. The summed E-state index contributed by atoms with van der Waals surface area (Å²) in [7, 11) is 3.63. The molecule has 0 atom stereocenters. The lowest BCUT2D eigenvalue weighted by molar-refractivity contribution is 0.0642. The molecule has 1 aliphatic carbocycles. The van der Waals surface area contributed by atoms with Crippen LogP contribution in [0.15, 0.2) is 0 Å². The second-order valence-electron chi connectivity index (χ2n) is 4.69. The van der Waals surface area contributed by atoms with Gasteiger partial charge < -0.3 is 10.6 Å². The third kappa shape index (κ3) is 1.90. The van der Waals surface area contributed by atoms with Gasteiger partial charge in [0.2, 0.25) is 0 Å². The molecule has 94 valence electrons. The summed E-state index contributed by atoms with van der Waals surface area (Å²) in [5.74, 6) is -0.0121. The van der Waals surface area contributed by atoms with E-state index in [4.69, 9.17) is 5.73 Å². The molecule has 5 nitrogen and oxygen atoms in total. The molecule has 0 bridgehead atoms. The zero-order chi connectivity index (χ0) is 12.6. The Balaban J connectivity index is 2.26. The van der Waals surface area contributed by atoms with Crippen molar-refractivity contribution in [3.63, 3.8) is 0 Å². The minimum absolute atomic E-state index is 0.0121. The van der Waals surface area contributed by atoms with Gasteiger partial charge in [-0.25, -0.2) is 0 Å². The number of aryl methyl sites for hydroxylation is 2. The van der Waals surface area contributed by atoms with Gasteiger partial charge in [-0.1, -0.05) is 6.92 Å². The van der Waals surface area contributed by atoms with Gasteiger partial charge in [0.05, 0.1) is 11.4 Å². The Morgan fingerprint density at radius 3 is 2.65 bits per heavy atom. The summed E-state index contributed by atoms with van der Waals surface area (Å²) >= 11 is 0. The van der Waals surface area contributed by atoms with Crippen LogP contribution in [0.3, 0.4) is 0 Å². The number of aromatic nitrogens is 2. The highest BCUT2D eigenvalue weighted by molar-refractivity contribution is 5.98. The van der Waals surface area contributed by atoms with Gasteiger partial charge in [0, 0.05) is 20.1 Å². The van der Waals surface area contributed by atoms with Gasteiger partial charge in [-0.05, 0) is 25.7 Å². The second-order valence-corrected chi connectivity index (χ2v) is 4.69. The summed E-state index contributed by atoms with van der Waals surface area (Å²) in [6.07, 6.45) is 4.16. The largest absolute Gasteiger partial charge is 0.395 e. The fourth-order valence-electron chi connectivity index (χ4n) is 2.22. The van der Waals surface area contributed by atoms with Crippen LogP contribution >= 0.6 is 0 Å². The molecule has 5 heteroatoms. The van der Waals surface area contributed by atoms with E-state index < -0.39 is 0 Å². The number of anilines is 1. The maximum Gasteiger partial charge on any atom is 0.274 e. The standard InChI is InChI=1S/C12H20N4O/c1-4-9-10(13)11(16(3)14-9)12(17)15(2)8-6-5-7-8/h8H,4-7,13H2,1-3H3. The van der Waals surface area contributed by atoms with Crippen molar-refractivity contribution in [3.05, 3.63) is 11.4 Å². The molecule has 0 unspecified atom stereocenters. The van der Waals surface area contributed by atoms with Crippen LogP contribution in [0.4, 0.5) is 5.69 Å². The smallest absolute Gasteiger partial charge is 0.274 e. The molecule has 0 aromatic carbocycles. The third-order valence-electron chi connectivity index (χ3n) is 3.64. The van der Waals surface area contributed by atoms with Gasteiger partial charge in [0.25, 0.3) is 5.91 Å². The van der Waals surface area contributed by atoms with Crippen LogP contribution in [-0.4, -0.2) is 33.7 Å². The Morgan fingerprint density at radius 1 is 1.59 bits per heavy atom. The molecule has 1 amide bonds. The molecule has 1 saturated carbocycles. The number of rotatable bonds is 3. The highest BCUT2D eigenvalue weighted by Crippen LogP contribution is 2.26. The Labute approximate surface area is 102 Å². The van der Waals surface area contributed by atoms with E-state index in [0.717, 1.165) is 25.0 Å². The molecule has 1 heterocycles. The Morgan fingerprint density at radius 2 is 2.24 bits per heavy atom. The molecule has 2 N–H and O–H groups in total. The van der Waals surface area contributed by atoms with E-state index in [-0.39, 0.29) is 5.91 Å². The highest BCUT2D eigenvalue weighted by atomic mass is 16.2. The number of hydrogen-bond acceptors (Lipinski definition) is 3. The minimum atomic E-state index is -0.0121. The highest BCUT2D eigenvalue weighted by Gasteiger charge is 2.29. The lowest BCUT2D eigenvalue weighted by atomic mass is 9.91. The van der Waals surface area contributed by atoms with E-state index in [9.17, 15) is 4.79 Å². The fraction of sp³-hybridized carbons (Fsp3) is 0.667. The zero-order valence-electron chi connectivity index (χ0n) is 10.7. The lowest BCUT2D eigenvalue weighted by Gasteiger charge is -2.34. The maximum atomic E-state index is 12.3. The summed E-state index contributed by atoms with van der Waals surface area (Å²) < 4.78 is 1.60. The molecule has 1 aliphatic rings. The molecule has 1 fully saturated rings. The van der Waals surface area contributed by atoms with Gasteiger partial charge in [0.15, 0.2) is 0 Å². The van der Waals surface area contributed by atoms with Gasteiger partial charge in [-0.2, -0.15) is 5.10 Å². The minimum Gasteiger partial charge on any atom is -0.395 e. The number of hydrogen-bond donors (Lipinski definition) is 1. The number of nitrogens with two attached hydrogens (primary N) is 1. The molecular formula is C12H20N4O. The van der Waals surface area contributed by atoms with E-state index in [1.54, 1.807) is 16.6 Å². The Hall–Kier alpha value is -1.52. The topological polar surface area (TPSA) is 64.2 Å². The van der Waals surface area contributed by atoms with Gasteiger partial charge in [0.1, 0.15) is 5.69 Å². The van der Waals surface area contributed by atoms with E-state index in [1.165, 1.54) is 6.42 Å². The summed E-state index contributed by atoms with van der Waals surface area (Å²) in [6.45, 7) is 1.99. The summed E-state index contributed by atoms with van der Waals surface area (Å²) in [5, 5.41) is 4.28. The summed E-state index contributed by atoms with van der Waals surface area (Å²) in [4.78, 5) is 14.1. The SMILES string of the molecule is CCc1nn(C)c(C(=O)N(C)C2CCC2)c1N. The van der Waals surface area contributed by atoms with Crippen LogP contribution in [0.25, 0.3) is 0 Å². The summed E-state index contributed by atoms with van der Waals surface area (Å²) in [5.41, 5.74) is 7.84. The quantitative estimate of drug-likeness (QED) is 0.857. The number of carbonyl (C=O) groups is 1. The van der Waals surface area contributed by atoms with Crippen LogP contribution in [-0.2, 0) is 13.5 Å². The fourth-order valence-corrected chi connectivity index (χ4v) is 2.22. The van der Waals surface area contributed by atoms with Gasteiger partial charge >= 0.3 is 0 Å².